The third-order valence-electron chi connectivity index (χ3n) is 5.98. The number of nitrogens with zero attached hydrogens (tertiary/aromatic N) is 5. The highest BCUT2D eigenvalue weighted by Crippen LogP contribution is 2.42. The minimum atomic E-state index is -0.0572. The zero-order valence-electron chi connectivity index (χ0n) is 18.5. The van der Waals surface area contributed by atoms with Crippen LogP contribution >= 0.6 is 0 Å². The topological polar surface area (TPSA) is 82.0 Å². The second kappa shape index (κ2) is 9.55. The minimum Gasteiger partial charge on any atom is -0.493 e. The van der Waals surface area contributed by atoms with Crippen LogP contribution in [0.4, 0.5) is 0 Å². The SMILES string of the molecule is CCN(CC)C(=O)c1cn(C[C@H]2CCCN(Cc3cc(OC)c4c(c3)OCO4)C2)nn1. The van der Waals surface area contributed by atoms with Crippen LogP contribution in [-0.4, -0.2) is 70.8 Å². The monoisotopic (exact) mass is 429 g/mol. The molecule has 0 spiro atoms. The maximum atomic E-state index is 12.5. The van der Waals surface area contributed by atoms with Gasteiger partial charge in [-0.05, 0) is 56.8 Å². The Balaban J connectivity index is 1.37. The van der Waals surface area contributed by atoms with Gasteiger partial charge in [0.1, 0.15) is 0 Å². The fourth-order valence-electron chi connectivity index (χ4n) is 4.40. The van der Waals surface area contributed by atoms with Crippen molar-refractivity contribution in [3.63, 3.8) is 0 Å². The molecule has 1 amide bonds. The lowest BCUT2D eigenvalue weighted by Crippen LogP contribution is -2.36. The van der Waals surface area contributed by atoms with Crippen LogP contribution in [0.25, 0.3) is 0 Å². The molecule has 1 atom stereocenters. The standard InChI is InChI=1S/C22H31N5O4/c1-4-26(5-2)22(28)18-14-27(24-23-18)13-16-7-6-8-25(11-16)12-17-9-19(29-3)21-20(10-17)30-15-31-21/h9-10,14,16H,4-8,11-13,15H2,1-3H3/t16-/m0/s1. The molecule has 1 fully saturated rings. The van der Waals surface area contributed by atoms with E-state index in [1.807, 2.05) is 30.7 Å². The average molecular weight is 430 g/mol. The van der Waals surface area contributed by atoms with E-state index in [0.717, 1.165) is 50.3 Å². The summed E-state index contributed by atoms with van der Waals surface area (Å²) in [7, 11) is 1.65. The number of piperidine rings is 1. The normalized spacial score (nSPS) is 18.2. The Morgan fingerprint density at radius 3 is 2.90 bits per heavy atom. The van der Waals surface area contributed by atoms with Crippen LogP contribution in [0.2, 0.25) is 0 Å². The first kappa shape index (κ1) is 21.4. The Morgan fingerprint density at radius 1 is 1.29 bits per heavy atom. The van der Waals surface area contributed by atoms with Gasteiger partial charge < -0.3 is 19.1 Å². The second-order valence-electron chi connectivity index (χ2n) is 8.08. The van der Waals surface area contributed by atoms with Gasteiger partial charge in [0.15, 0.2) is 17.2 Å². The van der Waals surface area contributed by atoms with Gasteiger partial charge in [-0.2, -0.15) is 0 Å². The van der Waals surface area contributed by atoms with Crippen LogP contribution in [0, 0.1) is 5.92 Å². The van der Waals surface area contributed by atoms with Gasteiger partial charge in [-0.3, -0.25) is 14.4 Å². The van der Waals surface area contributed by atoms with Crippen molar-refractivity contribution in [1.29, 1.82) is 0 Å². The quantitative estimate of drug-likeness (QED) is 0.637. The van der Waals surface area contributed by atoms with Gasteiger partial charge in [0, 0.05) is 32.7 Å². The summed E-state index contributed by atoms with van der Waals surface area (Å²) >= 11 is 0. The van der Waals surface area contributed by atoms with Gasteiger partial charge in [0.25, 0.3) is 5.91 Å². The summed E-state index contributed by atoms with van der Waals surface area (Å²) in [6.07, 6.45) is 4.05. The number of benzene rings is 1. The molecule has 4 rings (SSSR count). The fourth-order valence-corrected chi connectivity index (χ4v) is 4.40. The Labute approximate surface area is 182 Å². The summed E-state index contributed by atoms with van der Waals surface area (Å²) < 4.78 is 18.3. The smallest absolute Gasteiger partial charge is 0.276 e. The Hall–Kier alpha value is -2.81. The van der Waals surface area contributed by atoms with E-state index in [1.54, 1.807) is 18.2 Å². The molecule has 1 saturated heterocycles. The zero-order valence-corrected chi connectivity index (χ0v) is 18.5. The van der Waals surface area contributed by atoms with Crippen LogP contribution in [0.3, 0.4) is 0 Å². The Kier molecular flexibility index (Phi) is 6.60. The molecule has 2 aliphatic rings. The molecule has 3 heterocycles. The van der Waals surface area contributed by atoms with Crippen molar-refractivity contribution in [3.05, 3.63) is 29.6 Å². The summed E-state index contributed by atoms with van der Waals surface area (Å²) in [6.45, 7) is 9.13. The molecular weight excluding hydrogens is 398 g/mol. The molecule has 0 saturated carbocycles. The molecule has 9 nitrogen and oxygen atoms in total. The van der Waals surface area contributed by atoms with Gasteiger partial charge in [-0.15, -0.1) is 5.10 Å². The van der Waals surface area contributed by atoms with Crippen molar-refractivity contribution in [2.24, 2.45) is 5.92 Å². The average Bonchev–Trinajstić information content (AvgIpc) is 3.44. The fraction of sp³-hybridized carbons (Fsp3) is 0.591. The van der Waals surface area contributed by atoms with Crippen LogP contribution < -0.4 is 14.2 Å². The van der Waals surface area contributed by atoms with Crippen molar-refractivity contribution in [2.45, 2.75) is 39.8 Å². The first-order valence-corrected chi connectivity index (χ1v) is 11.0. The highest BCUT2D eigenvalue weighted by molar-refractivity contribution is 5.91. The molecule has 0 N–H and O–H groups in total. The summed E-state index contributed by atoms with van der Waals surface area (Å²) in [5.74, 6) is 2.55. The van der Waals surface area contributed by atoms with E-state index in [9.17, 15) is 4.79 Å². The number of fused-ring (bicyclic) bond motifs is 1. The summed E-state index contributed by atoms with van der Waals surface area (Å²) in [4.78, 5) is 16.7. The summed E-state index contributed by atoms with van der Waals surface area (Å²) in [5, 5.41) is 8.31. The third-order valence-corrected chi connectivity index (χ3v) is 5.98. The van der Waals surface area contributed by atoms with Crippen molar-refractivity contribution in [3.8, 4) is 17.2 Å². The lowest BCUT2D eigenvalue weighted by molar-refractivity contribution is 0.0767. The van der Waals surface area contributed by atoms with Gasteiger partial charge in [-0.25, -0.2) is 0 Å². The third kappa shape index (κ3) is 4.76. The predicted molar refractivity (Wildman–Crippen MR) is 114 cm³/mol. The molecule has 168 valence electrons. The molecular formula is C22H31N5O4. The Morgan fingerprint density at radius 2 is 2.13 bits per heavy atom. The van der Waals surface area contributed by atoms with E-state index in [-0.39, 0.29) is 12.7 Å². The highest BCUT2D eigenvalue weighted by atomic mass is 16.7. The summed E-state index contributed by atoms with van der Waals surface area (Å²) in [6, 6.07) is 4.07. The molecule has 0 bridgehead atoms. The predicted octanol–water partition coefficient (Wildman–Crippen LogP) is 2.41. The van der Waals surface area contributed by atoms with Crippen LogP contribution in [0.1, 0.15) is 42.7 Å². The Bertz CT molecular complexity index is 911. The number of amides is 1. The van der Waals surface area contributed by atoms with Crippen molar-refractivity contribution >= 4 is 5.91 Å². The number of rotatable bonds is 8. The van der Waals surface area contributed by atoms with E-state index in [0.29, 0.717) is 36.2 Å². The lowest BCUT2D eigenvalue weighted by atomic mass is 9.97. The number of likely N-dealkylation sites (tertiary alicyclic amines) is 1. The van der Waals surface area contributed by atoms with E-state index in [4.69, 9.17) is 14.2 Å². The molecule has 0 aliphatic carbocycles. The number of hydrogen-bond acceptors (Lipinski definition) is 7. The van der Waals surface area contributed by atoms with Gasteiger partial charge >= 0.3 is 0 Å². The van der Waals surface area contributed by atoms with E-state index in [1.165, 1.54) is 0 Å². The molecule has 1 aromatic heterocycles. The zero-order chi connectivity index (χ0) is 21.8. The molecule has 2 aromatic rings. The molecule has 0 radical (unpaired) electrons. The second-order valence-corrected chi connectivity index (χ2v) is 8.08. The van der Waals surface area contributed by atoms with Gasteiger partial charge in [0.2, 0.25) is 12.5 Å². The van der Waals surface area contributed by atoms with Crippen LogP contribution in [-0.2, 0) is 13.1 Å². The molecule has 31 heavy (non-hydrogen) atoms. The highest BCUT2D eigenvalue weighted by Gasteiger charge is 2.24. The number of hydrogen-bond donors (Lipinski definition) is 0. The van der Waals surface area contributed by atoms with Gasteiger partial charge in [-0.1, -0.05) is 5.21 Å². The number of methoxy groups -OCH3 is 1. The van der Waals surface area contributed by atoms with Crippen molar-refractivity contribution < 1.29 is 19.0 Å². The summed E-state index contributed by atoms with van der Waals surface area (Å²) in [5.41, 5.74) is 1.57. The largest absolute Gasteiger partial charge is 0.493 e. The first-order chi connectivity index (χ1) is 15.1. The number of aromatic nitrogens is 3. The van der Waals surface area contributed by atoms with Crippen LogP contribution in [0.5, 0.6) is 17.2 Å². The van der Waals surface area contributed by atoms with Crippen molar-refractivity contribution in [2.75, 3.05) is 40.1 Å². The molecule has 0 unspecified atom stereocenters. The number of ether oxygens (including phenoxy) is 3. The molecule has 2 aliphatic heterocycles. The molecule has 1 aromatic carbocycles. The number of carbonyl (C=O) groups is 1. The van der Waals surface area contributed by atoms with E-state index >= 15 is 0 Å². The number of carbonyl (C=O) groups excluding carboxylic acids is 1. The van der Waals surface area contributed by atoms with Crippen LogP contribution in [0.15, 0.2) is 18.3 Å². The molecule has 9 heteroatoms. The lowest BCUT2D eigenvalue weighted by Gasteiger charge is -2.32. The maximum absolute atomic E-state index is 12.5. The van der Waals surface area contributed by atoms with E-state index < -0.39 is 0 Å². The maximum Gasteiger partial charge on any atom is 0.276 e. The first-order valence-electron chi connectivity index (χ1n) is 11.0. The van der Waals surface area contributed by atoms with E-state index in [2.05, 4.69) is 15.2 Å². The van der Waals surface area contributed by atoms with Crippen molar-refractivity contribution in [1.82, 2.24) is 24.8 Å². The van der Waals surface area contributed by atoms with Gasteiger partial charge in [0.05, 0.1) is 13.3 Å². The minimum absolute atomic E-state index is 0.0572.